The van der Waals surface area contributed by atoms with Gasteiger partial charge in [0.25, 0.3) is 5.91 Å². The van der Waals surface area contributed by atoms with Gasteiger partial charge in [-0.3, -0.25) is 9.59 Å². The van der Waals surface area contributed by atoms with Crippen LogP contribution in [-0.4, -0.2) is 22.7 Å². The fourth-order valence-electron chi connectivity index (χ4n) is 1.83. The van der Waals surface area contributed by atoms with E-state index in [4.69, 9.17) is 10.3 Å². The fraction of sp³-hybridized carbons (Fsp3) is 0.500. The summed E-state index contributed by atoms with van der Waals surface area (Å²) < 4.78 is 19.8. The lowest BCUT2D eigenvalue weighted by Crippen LogP contribution is -2.33. The van der Waals surface area contributed by atoms with Crippen molar-refractivity contribution < 1.29 is 18.7 Å². The third-order valence-electron chi connectivity index (χ3n) is 2.89. The van der Waals surface area contributed by atoms with Crippen molar-refractivity contribution in [2.75, 3.05) is 0 Å². The van der Waals surface area contributed by atoms with Crippen LogP contribution >= 0.6 is 27.7 Å². The number of halogens is 2. The molecule has 9 heteroatoms. The molecule has 0 spiro atoms. The van der Waals surface area contributed by atoms with Crippen LogP contribution in [-0.2, 0) is 9.53 Å². The molecule has 0 saturated carbocycles. The van der Waals surface area contributed by atoms with Gasteiger partial charge >= 0.3 is 5.97 Å². The first-order chi connectivity index (χ1) is 11.5. The van der Waals surface area contributed by atoms with Gasteiger partial charge in [-0.2, -0.15) is 0 Å². The molecule has 6 nitrogen and oxygen atoms in total. The summed E-state index contributed by atoms with van der Waals surface area (Å²) in [5.74, 6) is -2.29. The van der Waals surface area contributed by atoms with E-state index in [-0.39, 0.29) is 11.5 Å². The first kappa shape index (κ1) is 21.5. The topological polar surface area (TPSA) is 92.1 Å². The van der Waals surface area contributed by atoms with E-state index in [1.54, 1.807) is 20.8 Å². The number of benzene rings is 1. The maximum absolute atomic E-state index is 13.9. The van der Waals surface area contributed by atoms with Crippen LogP contribution in [0.4, 0.5) is 4.39 Å². The van der Waals surface area contributed by atoms with E-state index in [0.717, 1.165) is 17.8 Å². The van der Waals surface area contributed by atoms with Gasteiger partial charge in [0.2, 0.25) is 0 Å². The minimum Gasteiger partial charge on any atom is -0.459 e. The van der Waals surface area contributed by atoms with Crippen molar-refractivity contribution in [3.8, 4) is 0 Å². The SMILES string of the molecule is CC(C)C(Sc1cc(C(=O)N=[N+]=[N-])c(F)cc1Br)C(=O)OC(C)(C)C. The zero-order valence-electron chi connectivity index (χ0n) is 14.5. The smallest absolute Gasteiger partial charge is 0.320 e. The Morgan fingerprint density at radius 3 is 2.44 bits per heavy atom. The molecule has 136 valence electrons. The minimum absolute atomic E-state index is 0.0620. The predicted molar refractivity (Wildman–Crippen MR) is 97.9 cm³/mol. The van der Waals surface area contributed by atoms with Crippen LogP contribution in [0.5, 0.6) is 0 Å². The third-order valence-corrected chi connectivity index (χ3v) is 5.39. The second kappa shape index (κ2) is 8.69. The standard InChI is InChI=1S/C16H19BrFN3O3S/c1-8(2)13(15(23)24-16(3,4)5)25-12-6-9(14(22)20-21-19)11(18)7-10(12)17/h6-8,13H,1-5H3. The Morgan fingerprint density at radius 2 is 1.96 bits per heavy atom. The summed E-state index contributed by atoms with van der Waals surface area (Å²) in [5, 5.41) is 2.36. The van der Waals surface area contributed by atoms with Crippen LogP contribution in [0.1, 0.15) is 45.0 Å². The number of carbonyl (C=O) groups is 2. The van der Waals surface area contributed by atoms with Gasteiger partial charge in [-0.25, -0.2) is 4.39 Å². The molecule has 1 aromatic carbocycles. The number of thioether (sulfide) groups is 1. The highest BCUT2D eigenvalue weighted by Crippen LogP contribution is 2.36. The Morgan fingerprint density at radius 1 is 1.36 bits per heavy atom. The number of rotatable bonds is 5. The van der Waals surface area contributed by atoms with Gasteiger partial charge in [-0.15, -0.1) is 11.8 Å². The van der Waals surface area contributed by atoms with Crippen molar-refractivity contribution in [3.63, 3.8) is 0 Å². The lowest BCUT2D eigenvalue weighted by Gasteiger charge is -2.26. The lowest BCUT2D eigenvalue weighted by atomic mass is 10.1. The molecular formula is C16H19BrFN3O3S. The van der Waals surface area contributed by atoms with Crippen molar-refractivity contribution in [2.24, 2.45) is 11.0 Å². The van der Waals surface area contributed by atoms with Crippen LogP contribution < -0.4 is 0 Å². The normalized spacial score (nSPS) is 12.5. The van der Waals surface area contributed by atoms with Crippen LogP contribution in [0.3, 0.4) is 0 Å². The summed E-state index contributed by atoms with van der Waals surface area (Å²) in [6.07, 6.45) is 0. The molecule has 25 heavy (non-hydrogen) atoms. The molecule has 1 atom stereocenters. The summed E-state index contributed by atoms with van der Waals surface area (Å²) in [4.78, 5) is 27.0. The molecule has 0 aromatic heterocycles. The zero-order chi connectivity index (χ0) is 19.4. The molecule has 0 fully saturated rings. The van der Waals surface area contributed by atoms with Crippen LogP contribution in [0.2, 0.25) is 0 Å². The first-order valence-corrected chi connectivity index (χ1v) is 9.11. The molecule has 1 rings (SSSR count). The Labute approximate surface area is 158 Å². The quantitative estimate of drug-likeness (QED) is 0.202. The van der Waals surface area contributed by atoms with Gasteiger partial charge in [-0.1, -0.05) is 13.8 Å². The van der Waals surface area contributed by atoms with Crippen molar-refractivity contribution >= 4 is 39.6 Å². The van der Waals surface area contributed by atoms with E-state index in [9.17, 15) is 14.0 Å². The third kappa shape index (κ3) is 6.34. The summed E-state index contributed by atoms with van der Waals surface area (Å²) in [5.41, 5.74) is 7.37. The number of hydrogen-bond donors (Lipinski definition) is 0. The molecule has 1 aromatic rings. The summed E-state index contributed by atoms with van der Waals surface area (Å²) in [7, 11) is 0. The molecule has 0 heterocycles. The fourth-order valence-corrected chi connectivity index (χ4v) is 3.47. The highest BCUT2D eigenvalue weighted by molar-refractivity contribution is 9.10. The summed E-state index contributed by atoms with van der Waals surface area (Å²) in [6.45, 7) is 9.06. The number of azide groups is 1. The number of esters is 1. The van der Waals surface area contributed by atoms with Crippen molar-refractivity contribution in [2.45, 2.75) is 50.4 Å². The average Bonchev–Trinajstić information content (AvgIpc) is 2.44. The Bertz CT molecular complexity index is 728. The van der Waals surface area contributed by atoms with Crippen LogP contribution in [0.25, 0.3) is 10.4 Å². The van der Waals surface area contributed by atoms with Crippen molar-refractivity contribution in [3.05, 3.63) is 38.4 Å². The largest absolute Gasteiger partial charge is 0.459 e. The molecule has 1 amide bonds. The number of ether oxygens (including phenoxy) is 1. The Hall–Kier alpha value is -1.57. The number of hydrogen-bond acceptors (Lipinski definition) is 4. The first-order valence-electron chi connectivity index (χ1n) is 7.44. The Balaban J connectivity index is 3.21. The van der Waals surface area contributed by atoms with E-state index < -0.39 is 28.5 Å². The monoisotopic (exact) mass is 431 g/mol. The molecular weight excluding hydrogens is 413 g/mol. The minimum atomic E-state index is -1.02. The van der Waals surface area contributed by atoms with Crippen LogP contribution in [0, 0.1) is 11.7 Å². The maximum atomic E-state index is 13.9. The second-order valence-corrected chi connectivity index (χ2v) is 8.61. The number of amides is 1. The lowest BCUT2D eigenvalue weighted by molar-refractivity contribution is -0.154. The highest BCUT2D eigenvalue weighted by atomic mass is 79.9. The second-order valence-electron chi connectivity index (χ2n) is 6.57. The average molecular weight is 432 g/mol. The summed E-state index contributed by atoms with van der Waals surface area (Å²) in [6, 6.07) is 2.37. The number of nitrogens with zero attached hydrogens (tertiary/aromatic N) is 3. The summed E-state index contributed by atoms with van der Waals surface area (Å²) >= 11 is 4.39. The van der Waals surface area contributed by atoms with E-state index in [2.05, 4.69) is 26.0 Å². The molecule has 0 bridgehead atoms. The van der Waals surface area contributed by atoms with Gasteiger partial charge in [0.1, 0.15) is 16.7 Å². The zero-order valence-corrected chi connectivity index (χ0v) is 16.9. The Kier molecular flexibility index (Phi) is 7.46. The van der Waals surface area contributed by atoms with Gasteiger partial charge < -0.3 is 4.74 Å². The molecule has 0 N–H and O–H groups in total. The van der Waals surface area contributed by atoms with Gasteiger partial charge in [0.05, 0.1) is 5.56 Å². The van der Waals surface area contributed by atoms with Gasteiger partial charge in [0.15, 0.2) is 0 Å². The van der Waals surface area contributed by atoms with E-state index in [1.165, 1.54) is 6.07 Å². The van der Waals surface area contributed by atoms with E-state index in [0.29, 0.717) is 9.37 Å². The van der Waals surface area contributed by atoms with Gasteiger partial charge in [-0.05, 0) is 65.4 Å². The molecule has 1 unspecified atom stereocenters. The number of carbonyl (C=O) groups excluding carboxylic acids is 2. The van der Waals surface area contributed by atoms with Gasteiger partial charge in [0, 0.05) is 14.3 Å². The van der Waals surface area contributed by atoms with E-state index >= 15 is 0 Å². The van der Waals surface area contributed by atoms with Crippen molar-refractivity contribution in [1.82, 2.24) is 0 Å². The molecule has 0 aliphatic rings. The molecule has 0 radical (unpaired) electrons. The van der Waals surface area contributed by atoms with Crippen molar-refractivity contribution in [1.29, 1.82) is 0 Å². The molecule has 0 aliphatic heterocycles. The van der Waals surface area contributed by atoms with E-state index in [1.807, 2.05) is 13.8 Å². The molecule has 0 aliphatic carbocycles. The highest BCUT2D eigenvalue weighted by Gasteiger charge is 2.30. The van der Waals surface area contributed by atoms with Crippen LogP contribution in [0.15, 0.2) is 26.6 Å². The molecule has 0 saturated heterocycles. The predicted octanol–water partition coefficient (Wildman–Crippen LogP) is 5.50. The maximum Gasteiger partial charge on any atom is 0.320 e.